The van der Waals surface area contributed by atoms with Gasteiger partial charge in [0.05, 0.1) is 23.8 Å². The van der Waals surface area contributed by atoms with Gasteiger partial charge in [-0.3, -0.25) is 0 Å². The minimum atomic E-state index is 0.866. The lowest BCUT2D eigenvalue weighted by Gasteiger charge is -2.10. The van der Waals surface area contributed by atoms with Crippen LogP contribution in [0.3, 0.4) is 0 Å². The Labute approximate surface area is 124 Å². The molecule has 0 spiro atoms. The number of pyridine rings is 1. The molecule has 1 N–H and O–H groups in total. The summed E-state index contributed by atoms with van der Waals surface area (Å²) in [5, 5.41) is 0. The molecule has 0 saturated carbocycles. The Kier molecular flexibility index (Phi) is 2.92. The summed E-state index contributed by atoms with van der Waals surface area (Å²) in [7, 11) is 1.69. The van der Waals surface area contributed by atoms with E-state index in [1.165, 1.54) is 24.1 Å². The van der Waals surface area contributed by atoms with Gasteiger partial charge in [-0.25, -0.2) is 4.98 Å². The third-order valence-electron chi connectivity index (χ3n) is 4.30. The van der Waals surface area contributed by atoms with E-state index >= 15 is 0 Å². The molecule has 0 unspecified atom stereocenters. The van der Waals surface area contributed by atoms with Gasteiger partial charge in [-0.2, -0.15) is 0 Å². The molecule has 0 bridgehead atoms. The van der Waals surface area contributed by atoms with Crippen molar-refractivity contribution in [2.24, 2.45) is 0 Å². The zero-order valence-electron chi connectivity index (χ0n) is 12.1. The average Bonchev–Trinajstić information content (AvgIpc) is 2.92. The zero-order chi connectivity index (χ0) is 14.2. The fraction of sp³-hybridized carbons (Fsp3) is 0.278. The summed E-state index contributed by atoms with van der Waals surface area (Å²) in [5.74, 6) is 0.866. The molecule has 21 heavy (non-hydrogen) atoms. The molecule has 1 aromatic carbocycles. The first kappa shape index (κ1) is 12.5. The van der Waals surface area contributed by atoms with E-state index in [9.17, 15) is 0 Å². The number of ether oxygens (including phenoxy) is 1. The van der Waals surface area contributed by atoms with E-state index in [2.05, 4.69) is 23.2 Å². The van der Waals surface area contributed by atoms with Crippen LogP contribution in [0.2, 0.25) is 0 Å². The van der Waals surface area contributed by atoms with Crippen molar-refractivity contribution < 1.29 is 4.74 Å². The molecule has 1 aliphatic rings. The van der Waals surface area contributed by atoms with E-state index in [4.69, 9.17) is 9.72 Å². The Hall–Kier alpha value is -2.29. The second kappa shape index (κ2) is 4.92. The van der Waals surface area contributed by atoms with E-state index in [0.717, 1.165) is 40.9 Å². The first-order chi connectivity index (χ1) is 10.3. The number of hydrogen-bond donors (Lipinski definition) is 1. The summed E-state index contributed by atoms with van der Waals surface area (Å²) in [6.07, 6.45) is 4.84. The molecule has 3 nitrogen and oxygen atoms in total. The van der Waals surface area contributed by atoms with Crippen molar-refractivity contribution in [2.75, 3.05) is 7.11 Å². The number of aryl methyl sites for hydroxylation is 2. The Morgan fingerprint density at radius 1 is 1.10 bits per heavy atom. The SMILES string of the molecule is COc1cccc(-c2ccc3[nH]c4c(c3n2)CCCC4)c1. The van der Waals surface area contributed by atoms with Gasteiger partial charge in [0, 0.05) is 11.3 Å². The van der Waals surface area contributed by atoms with Crippen LogP contribution in [0.15, 0.2) is 36.4 Å². The molecule has 2 aromatic heterocycles. The molecule has 0 atom stereocenters. The molecule has 4 rings (SSSR count). The Morgan fingerprint density at radius 2 is 2.00 bits per heavy atom. The molecular formula is C18H18N2O. The van der Waals surface area contributed by atoms with Gasteiger partial charge < -0.3 is 9.72 Å². The van der Waals surface area contributed by atoms with Crippen LogP contribution in [0, 0.1) is 0 Å². The second-order valence-electron chi connectivity index (χ2n) is 5.61. The van der Waals surface area contributed by atoms with Gasteiger partial charge in [0.15, 0.2) is 0 Å². The first-order valence-electron chi connectivity index (χ1n) is 7.50. The van der Waals surface area contributed by atoms with Crippen molar-refractivity contribution in [1.82, 2.24) is 9.97 Å². The molecule has 0 saturated heterocycles. The van der Waals surface area contributed by atoms with Gasteiger partial charge in [0.1, 0.15) is 5.75 Å². The topological polar surface area (TPSA) is 37.9 Å². The fourth-order valence-corrected chi connectivity index (χ4v) is 3.20. The number of benzene rings is 1. The summed E-state index contributed by atoms with van der Waals surface area (Å²) >= 11 is 0. The lowest BCUT2D eigenvalue weighted by atomic mass is 9.97. The van der Waals surface area contributed by atoms with Gasteiger partial charge in [-0.05, 0) is 55.5 Å². The largest absolute Gasteiger partial charge is 0.497 e. The average molecular weight is 278 g/mol. The maximum Gasteiger partial charge on any atom is 0.119 e. The quantitative estimate of drug-likeness (QED) is 0.765. The molecule has 2 heterocycles. The molecule has 1 aliphatic carbocycles. The van der Waals surface area contributed by atoms with Crippen molar-refractivity contribution in [2.45, 2.75) is 25.7 Å². The smallest absolute Gasteiger partial charge is 0.119 e. The van der Waals surface area contributed by atoms with E-state index < -0.39 is 0 Å². The van der Waals surface area contributed by atoms with E-state index in [1.54, 1.807) is 7.11 Å². The molecule has 0 amide bonds. The highest BCUT2D eigenvalue weighted by Gasteiger charge is 2.16. The molecule has 0 aliphatic heterocycles. The standard InChI is InChI=1S/C18H18N2O/c1-21-13-6-4-5-12(11-13)15-9-10-17-18(20-15)14-7-2-3-8-16(14)19-17/h4-6,9-11,19H,2-3,7-8H2,1H3. The monoisotopic (exact) mass is 278 g/mol. The third kappa shape index (κ3) is 2.09. The van der Waals surface area contributed by atoms with Crippen molar-refractivity contribution in [1.29, 1.82) is 0 Å². The molecule has 3 aromatic rings. The molecule has 0 fully saturated rings. The number of rotatable bonds is 2. The number of H-pyrrole nitrogens is 1. The van der Waals surface area contributed by atoms with Crippen LogP contribution < -0.4 is 4.74 Å². The van der Waals surface area contributed by atoms with Crippen molar-refractivity contribution in [3.05, 3.63) is 47.7 Å². The van der Waals surface area contributed by atoms with Crippen LogP contribution in [0.25, 0.3) is 22.3 Å². The highest BCUT2D eigenvalue weighted by Crippen LogP contribution is 2.30. The predicted molar refractivity (Wildman–Crippen MR) is 84.7 cm³/mol. The van der Waals surface area contributed by atoms with E-state index in [1.807, 2.05) is 18.2 Å². The predicted octanol–water partition coefficient (Wildman–Crippen LogP) is 4.12. The van der Waals surface area contributed by atoms with E-state index in [0.29, 0.717) is 0 Å². The number of aromatic nitrogens is 2. The summed E-state index contributed by atoms with van der Waals surface area (Å²) in [5.41, 5.74) is 7.21. The molecular weight excluding hydrogens is 260 g/mol. The van der Waals surface area contributed by atoms with Gasteiger partial charge in [0.25, 0.3) is 0 Å². The van der Waals surface area contributed by atoms with Crippen molar-refractivity contribution in [3.8, 4) is 17.0 Å². The van der Waals surface area contributed by atoms with Crippen LogP contribution in [0.1, 0.15) is 24.1 Å². The van der Waals surface area contributed by atoms with Crippen LogP contribution in [-0.2, 0) is 12.8 Å². The van der Waals surface area contributed by atoms with Crippen molar-refractivity contribution >= 4 is 11.0 Å². The normalized spacial score (nSPS) is 14.1. The van der Waals surface area contributed by atoms with E-state index in [-0.39, 0.29) is 0 Å². The maximum atomic E-state index is 5.31. The number of methoxy groups -OCH3 is 1. The minimum absolute atomic E-state index is 0.866. The summed E-state index contributed by atoms with van der Waals surface area (Å²) in [4.78, 5) is 8.44. The number of fused-ring (bicyclic) bond motifs is 3. The number of hydrogen-bond acceptors (Lipinski definition) is 2. The Morgan fingerprint density at radius 3 is 2.90 bits per heavy atom. The van der Waals surface area contributed by atoms with Gasteiger partial charge in [-0.15, -0.1) is 0 Å². The molecule has 0 radical (unpaired) electrons. The minimum Gasteiger partial charge on any atom is -0.497 e. The van der Waals surface area contributed by atoms with Crippen LogP contribution in [0.5, 0.6) is 5.75 Å². The summed E-state index contributed by atoms with van der Waals surface area (Å²) in [6.45, 7) is 0. The highest BCUT2D eigenvalue weighted by atomic mass is 16.5. The van der Waals surface area contributed by atoms with Gasteiger partial charge in [0.2, 0.25) is 0 Å². The van der Waals surface area contributed by atoms with Gasteiger partial charge in [-0.1, -0.05) is 12.1 Å². The number of nitrogens with one attached hydrogen (secondary N) is 1. The second-order valence-corrected chi connectivity index (χ2v) is 5.61. The zero-order valence-corrected chi connectivity index (χ0v) is 12.1. The maximum absolute atomic E-state index is 5.31. The summed E-state index contributed by atoms with van der Waals surface area (Å²) in [6, 6.07) is 12.3. The number of nitrogens with zero attached hydrogens (tertiary/aromatic N) is 1. The van der Waals surface area contributed by atoms with Crippen LogP contribution >= 0.6 is 0 Å². The Balaban J connectivity index is 1.86. The number of aromatic amines is 1. The first-order valence-corrected chi connectivity index (χ1v) is 7.50. The third-order valence-corrected chi connectivity index (χ3v) is 4.30. The van der Waals surface area contributed by atoms with Crippen LogP contribution in [-0.4, -0.2) is 17.1 Å². The fourth-order valence-electron chi connectivity index (χ4n) is 3.20. The molecule has 3 heteroatoms. The lowest BCUT2D eigenvalue weighted by molar-refractivity contribution is 0.415. The molecule has 106 valence electrons. The van der Waals surface area contributed by atoms with Crippen LogP contribution in [0.4, 0.5) is 0 Å². The van der Waals surface area contributed by atoms with Gasteiger partial charge >= 0.3 is 0 Å². The van der Waals surface area contributed by atoms with Crippen molar-refractivity contribution in [3.63, 3.8) is 0 Å². The Bertz CT molecular complexity index is 804. The highest BCUT2D eigenvalue weighted by molar-refractivity contribution is 5.83. The summed E-state index contributed by atoms with van der Waals surface area (Å²) < 4.78 is 5.31. The lowest BCUT2D eigenvalue weighted by Crippen LogP contribution is -2.00.